The Morgan fingerprint density at radius 1 is 1.64 bits per heavy atom. The molecule has 0 aliphatic carbocycles. The molecule has 0 fully saturated rings. The number of rotatable bonds is 6. The molecule has 0 aromatic heterocycles. The van der Waals surface area contributed by atoms with Gasteiger partial charge in [0.05, 0.1) is 0 Å². The van der Waals surface area contributed by atoms with E-state index in [0.29, 0.717) is 6.42 Å². The summed E-state index contributed by atoms with van der Waals surface area (Å²) in [7, 11) is -2.68. The van der Waals surface area contributed by atoms with Crippen LogP contribution >= 0.6 is 0 Å². The fraction of sp³-hybridized carbons (Fsp3) is 0.875. The summed E-state index contributed by atoms with van der Waals surface area (Å²) in [6.45, 7) is 3.59. The number of aliphatic carboxylic acids is 1. The Bertz CT molecular complexity index is 287. The van der Waals surface area contributed by atoms with Gasteiger partial charge in [0.1, 0.15) is 6.04 Å². The summed E-state index contributed by atoms with van der Waals surface area (Å²) in [6, 6.07) is -1.01. The summed E-state index contributed by atoms with van der Waals surface area (Å²) >= 11 is 0. The standard InChI is InChI=1S/C8H18N2O3S/c1-3-6(2)14(10,13)5-4-7(9)8(11)12/h6-7,10H,3-5,9H2,1-2H3,(H,11,12)/t6-,7+,14?/m1/s1. The van der Waals surface area contributed by atoms with Crippen molar-refractivity contribution in [1.29, 1.82) is 4.78 Å². The highest BCUT2D eigenvalue weighted by molar-refractivity contribution is 7.93. The zero-order valence-electron chi connectivity index (χ0n) is 8.53. The lowest BCUT2D eigenvalue weighted by molar-refractivity contribution is -0.138. The Balaban J connectivity index is 4.20. The average molecular weight is 222 g/mol. The maximum Gasteiger partial charge on any atom is 0.320 e. The Labute approximate surface area is 84.7 Å². The lowest BCUT2D eigenvalue weighted by Gasteiger charge is -2.14. The summed E-state index contributed by atoms with van der Waals surface area (Å²) in [4.78, 5) is 10.4. The molecular formula is C8H18N2O3S. The predicted octanol–water partition coefficient (Wildman–Crippen LogP) is 0.634. The molecule has 0 spiro atoms. The summed E-state index contributed by atoms with van der Waals surface area (Å²) in [5.74, 6) is -1.04. The first-order chi connectivity index (χ1) is 6.31. The first-order valence-electron chi connectivity index (χ1n) is 4.55. The maximum absolute atomic E-state index is 11.7. The number of carboxylic acids is 1. The van der Waals surface area contributed by atoms with E-state index in [4.69, 9.17) is 15.6 Å². The minimum Gasteiger partial charge on any atom is -0.480 e. The van der Waals surface area contributed by atoms with Crippen molar-refractivity contribution >= 4 is 15.7 Å². The van der Waals surface area contributed by atoms with Gasteiger partial charge >= 0.3 is 5.97 Å². The van der Waals surface area contributed by atoms with Gasteiger partial charge in [-0.15, -0.1) is 0 Å². The largest absolute Gasteiger partial charge is 0.480 e. The zero-order chi connectivity index (χ0) is 11.4. The molecule has 0 aliphatic rings. The Kier molecular flexibility index (Phi) is 5.07. The monoisotopic (exact) mass is 222 g/mol. The molecule has 3 atom stereocenters. The molecule has 6 heteroatoms. The molecule has 0 bridgehead atoms. The summed E-state index contributed by atoms with van der Waals surface area (Å²) in [5, 5.41) is 8.29. The third-order valence-electron chi connectivity index (χ3n) is 2.27. The summed E-state index contributed by atoms with van der Waals surface area (Å²) in [6.07, 6.45) is 0.757. The second-order valence-electron chi connectivity index (χ2n) is 3.38. The average Bonchev–Trinajstić information content (AvgIpc) is 2.12. The van der Waals surface area contributed by atoms with Gasteiger partial charge in [-0.25, -0.2) is 4.21 Å². The SMILES string of the molecule is CC[C@@H](C)S(=N)(=O)CC[C@H](N)C(=O)O. The van der Waals surface area contributed by atoms with Gasteiger partial charge < -0.3 is 10.8 Å². The lowest BCUT2D eigenvalue weighted by atomic mass is 10.2. The molecule has 4 N–H and O–H groups in total. The number of hydrogen-bond donors (Lipinski definition) is 3. The Morgan fingerprint density at radius 2 is 2.14 bits per heavy atom. The molecule has 14 heavy (non-hydrogen) atoms. The Morgan fingerprint density at radius 3 is 2.50 bits per heavy atom. The van der Waals surface area contributed by atoms with E-state index in [0.717, 1.165) is 0 Å². The van der Waals surface area contributed by atoms with Crippen molar-refractivity contribution in [3.05, 3.63) is 0 Å². The van der Waals surface area contributed by atoms with Crippen molar-refractivity contribution < 1.29 is 14.1 Å². The van der Waals surface area contributed by atoms with E-state index in [2.05, 4.69) is 0 Å². The van der Waals surface area contributed by atoms with Gasteiger partial charge in [0.15, 0.2) is 0 Å². The molecule has 0 amide bonds. The van der Waals surface area contributed by atoms with Crippen LogP contribution in [0.5, 0.6) is 0 Å². The lowest BCUT2D eigenvalue weighted by Crippen LogP contribution is -2.33. The van der Waals surface area contributed by atoms with E-state index in [-0.39, 0.29) is 17.4 Å². The minimum absolute atomic E-state index is 0.0650. The van der Waals surface area contributed by atoms with E-state index >= 15 is 0 Å². The van der Waals surface area contributed by atoms with Crippen LogP contribution in [0, 0.1) is 4.78 Å². The van der Waals surface area contributed by atoms with Gasteiger partial charge in [0.25, 0.3) is 0 Å². The number of hydrogen-bond acceptors (Lipinski definition) is 4. The first kappa shape index (κ1) is 13.4. The topological polar surface area (TPSA) is 104 Å². The van der Waals surface area contributed by atoms with Gasteiger partial charge in [-0.3, -0.25) is 9.57 Å². The summed E-state index contributed by atoms with van der Waals surface area (Å²) in [5.41, 5.74) is 5.26. The van der Waals surface area contributed by atoms with Gasteiger partial charge in [0, 0.05) is 20.7 Å². The fourth-order valence-corrected chi connectivity index (χ4v) is 2.44. The van der Waals surface area contributed by atoms with Crippen LogP contribution in [0.3, 0.4) is 0 Å². The van der Waals surface area contributed by atoms with Gasteiger partial charge in [0.2, 0.25) is 0 Å². The molecule has 0 aliphatic heterocycles. The van der Waals surface area contributed by atoms with E-state index in [1.165, 1.54) is 0 Å². The van der Waals surface area contributed by atoms with Crippen molar-refractivity contribution in [3.8, 4) is 0 Å². The molecule has 0 aromatic rings. The molecule has 1 unspecified atom stereocenters. The summed E-state index contributed by atoms with van der Waals surface area (Å²) < 4.78 is 19.2. The Hall–Kier alpha value is -0.620. The van der Waals surface area contributed by atoms with Crippen LogP contribution in [0.1, 0.15) is 26.7 Å². The highest BCUT2D eigenvalue weighted by Gasteiger charge is 2.19. The van der Waals surface area contributed by atoms with Crippen molar-refractivity contribution in [2.75, 3.05) is 5.75 Å². The molecule has 0 radical (unpaired) electrons. The third-order valence-corrected chi connectivity index (χ3v) is 4.75. The number of nitrogens with one attached hydrogen (secondary N) is 1. The molecule has 0 heterocycles. The minimum atomic E-state index is -2.68. The van der Waals surface area contributed by atoms with Crippen LogP contribution in [0.15, 0.2) is 0 Å². The van der Waals surface area contributed by atoms with Gasteiger partial charge in [-0.05, 0) is 19.8 Å². The predicted molar refractivity (Wildman–Crippen MR) is 55.7 cm³/mol. The smallest absolute Gasteiger partial charge is 0.320 e. The molecule has 0 saturated carbocycles. The van der Waals surface area contributed by atoms with Crippen molar-refractivity contribution in [3.63, 3.8) is 0 Å². The first-order valence-corrected chi connectivity index (χ1v) is 6.34. The van der Waals surface area contributed by atoms with E-state index in [1.807, 2.05) is 6.92 Å². The normalized spacial score (nSPS) is 19.6. The second-order valence-corrected chi connectivity index (χ2v) is 6.05. The van der Waals surface area contributed by atoms with Gasteiger partial charge in [-0.1, -0.05) is 6.92 Å². The van der Waals surface area contributed by atoms with Crippen LogP contribution in [-0.2, 0) is 14.5 Å². The molecule has 0 aromatic carbocycles. The van der Waals surface area contributed by atoms with Gasteiger partial charge in [-0.2, -0.15) is 0 Å². The molecule has 0 rings (SSSR count). The highest BCUT2D eigenvalue weighted by atomic mass is 32.2. The van der Waals surface area contributed by atoms with Crippen LogP contribution in [-0.4, -0.2) is 32.3 Å². The molecule has 84 valence electrons. The van der Waals surface area contributed by atoms with Crippen LogP contribution in [0.25, 0.3) is 0 Å². The molecular weight excluding hydrogens is 204 g/mol. The quantitative estimate of drug-likeness (QED) is 0.613. The second kappa shape index (κ2) is 5.31. The number of nitrogens with two attached hydrogens (primary N) is 1. The highest BCUT2D eigenvalue weighted by Crippen LogP contribution is 2.09. The van der Waals surface area contributed by atoms with Crippen molar-refractivity contribution in [2.45, 2.75) is 38.0 Å². The van der Waals surface area contributed by atoms with Crippen molar-refractivity contribution in [2.24, 2.45) is 5.73 Å². The van der Waals surface area contributed by atoms with E-state index in [9.17, 15) is 9.00 Å². The van der Waals surface area contributed by atoms with Crippen molar-refractivity contribution in [1.82, 2.24) is 0 Å². The number of carboxylic acid groups (broad SMARTS) is 1. The zero-order valence-corrected chi connectivity index (χ0v) is 9.34. The molecule has 5 nitrogen and oxygen atoms in total. The third kappa shape index (κ3) is 4.06. The van der Waals surface area contributed by atoms with E-state index in [1.54, 1.807) is 6.92 Å². The van der Waals surface area contributed by atoms with Crippen LogP contribution in [0.2, 0.25) is 0 Å². The fourth-order valence-electron chi connectivity index (χ4n) is 0.896. The maximum atomic E-state index is 11.7. The van der Waals surface area contributed by atoms with E-state index < -0.39 is 21.7 Å². The molecule has 0 saturated heterocycles. The van der Waals surface area contributed by atoms with Crippen LogP contribution < -0.4 is 5.73 Å². The van der Waals surface area contributed by atoms with Crippen LogP contribution in [0.4, 0.5) is 0 Å². The number of carbonyl (C=O) groups is 1.